The first-order valence-corrected chi connectivity index (χ1v) is 11.7. The van der Waals surface area contributed by atoms with Crippen molar-refractivity contribution in [3.05, 3.63) is 50.6 Å². The number of rotatable bonds is 12. The molecule has 5 N–H and O–H groups in total. The van der Waals surface area contributed by atoms with Gasteiger partial charge in [0.1, 0.15) is 5.71 Å². The zero-order chi connectivity index (χ0) is 32.3. The SMILES string of the molecule is C=CC=C.C=CC=C.N=C(CCC(=O)O)C(=O)O.O=C(O)CC(CC(=O)O)(N1C(=O)CCC1=O)N1C(=O)CCC1=O. The highest BCUT2D eigenvalue weighted by Gasteiger charge is 2.57. The lowest BCUT2D eigenvalue weighted by Crippen LogP contribution is -2.65. The molecule has 0 saturated carbocycles. The standard InChI is InChI=1S/C13H14N2O8.C5H7NO4.2C4H6/c16-7-1-2-8(17)14(7)13(5-11(20)21,6-12(22)23)15-9(18)3-4-10(15)19;6-3(5(9)10)1-2-4(7)8;2*1-3-4-2/h1-6H2,(H,20,21)(H,22,23);6H,1-2H2,(H,7,8)(H,9,10);2*3-4H,1-2H2. The molecule has 0 atom stereocenters. The third-order valence-electron chi connectivity index (χ3n) is 4.98. The van der Waals surface area contributed by atoms with Crippen molar-refractivity contribution >= 4 is 53.2 Å². The second-order valence-corrected chi connectivity index (χ2v) is 7.99. The molecular formula is C26H33N3O12. The van der Waals surface area contributed by atoms with Crippen LogP contribution in [-0.4, -0.2) is 89.1 Å². The van der Waals surface area contributed by atoms with Crippen molar-refractivity contribution < 1.29 is 58.8 Å². The van der Waals surface area contributed by atoms with Crippen LogP contribution in [0.4, 0.5) is 0 Å². The minimum absolute atomic E-state index is 0.218. The first-order valence-electron chi connectivity index (χ1n) is 11.7. The van der Waals surface area contributed by atoms with Crippen molar-refractivity contribution in [2.45, 2.75) is 57.0 Å². The molecule has 2 heterocycles. The van der Waals surface area contributed by atoms with Crippen molar-refractivity contribution in [3.63, 3.8) is 0 Å². The van der Waals surface area contributed by atoms with E-state index >= 15 is 0 Å². The maximum Gasteiger partial charge on any atom is 0.349 e. The molecular weight excluding hydrogens is 546 g/mol. The van der Waals surface area contributed by atoms with E-state index in [0.29, 0.717) is 9.80 Å². The molecule has 0 spiro atoms. The van der Waals surface area contributed by atoms with Gasteiger partial charge < -0.3 is 20.4 Å². The van der Waals surface area contributed by atoms with Gasteiger partial charge in [-0.15, -0.1) is 0 Å². The average Bonchev–Trinajstić information content (AvgIpc) is 3.41. The number of carboxylic acids is 4. The Balaban J connectivity index is 0. The molecule has 41 heavy (non-hydrogen) atoms. The number of imide groups is 2. The fraction of sp³-hybridized carbons (Fsp3) is 0.346. The molecule has 15 nitrogen and oxygen atoms in total. The molecule has 2 saturated heterocycles. The molecule has 2 aliphatic heterocycles. The van der Waals surface area contributed by atoms with E-state index in [4.69, 9.17) is 25.8 Å². The van der Waals surface area contributed by atoms with Crippen LogP contribution in [0.1, 0.15) is 51.4 Å². The molecule has 2 fully saturated rings. The van der Waals surface area contributed by atoms with Crippen LogP contribution in [0.15, 0.2) is 50.6 Å². The van der Waals surface area contributed by atoms with Crippen molar-refractivity contribution in [2.24, 2.45) is 0 Å². The van der Waals surface area contributed by atoms with Crippen molar-refractivity contribution in [2.75, 3.05) is 0 Å². The van der Waals surface area contributed by atoms with E-state index in [1.807, 2.05) is 0 Å². The third kappa shape index (κ3) is 12.9. The molecule has 0 radical (unpaired) electrons. The van der Waals surface area contributed by atoms with Gasteiger partial charge in [0.25, 0.3) is 0 Å². The summed E-state index contributed by atoms with van der Waals surface area (Å²) >= 11 is 0. The van der Waals surface area contributed by atoms with Crippen LogP contribution in [0, 0.1) is 5.41 Å². The summed E-state index contributed by atoms with van der Waals surface area (Å²) in [6.07, 6.45) is 3.07. The average molecular weight is 580 g/mol. The van der Waals surface area contributed by atoms with Crippen LogP contribution in [0.25, 0.3) is 0 Å². The molecule has 0 aromatic carbocycles. The summed E-state index contributed by atoms with van der Waals surface area (Å²) in [7, 11) is 0. The monoisotopic (exact) mass is 579 g/mol. The lowest BCUT2D eigenvalue weighted by Gasteiger charge is -2.43. The van der Waals surface area contributed by atoms with E-state index in [-0.39, 0.29) is 38.5 Å². The Morgan fingerprint density at radius 3 is 1.12 bits per heavy atom. The van der Waals surface area contributed by atoms with Gasteiger partial charge in [-0.05, 0) is 0 Å². The summed E-state index contributed by atoms with van der Waals surface area (Å²) in [6, 6.07) is 0. The highest BCUT2D eigenvalue weighted by molar-refractivity contribution is 6.34. The minimum atomic E-state index is -2.34. The molecule has 4 amide bonds. The van der Waals surface area contributed by atoms with Gasteiger partial charge in [-0.1, -0.05) is 50.6 Å². The largest absolute Gasteiger partial charge is 0.481 e. The fourth-order valence-corrected chi connectivity index (χ4v) is 3.38. The first kappa shape index (κ1) is 37.9. The molecule has 0 aromatic rings. The zero-order valence-electron chi connectivity index (χ0n) is 22.2. The van der Waals surface area contributed by atoms with E-state index in [2.05, 4.69) is 26.3 Å². The van der Waals surface area contributed by atoms with Gasteiger partial charge >= 0.3 is 23.9 Å². The third-order valence-corrected chi connectivity index (χ3v) is 4.98. The molecule has 2 rings (SSSR count). The summed E-state index contributed by atoms with van der Waals surface area (Å²) in [5.74, 6) is -8.73. The maximum atomic E-state index is 12.0. The van der Waals surface area contributed by atoms with Gasteiger partial charge in [0.2, 0.25) is 23.6 Å². The highest BCUT2D eigenvalue weighted by Crippen LogP contribution is 2.37. The number of carbonyl (C=O) groups excluding carboxylic acids is 4. The summed E-state index contributed by atoms with van der Waals surface area (Å²) in [4.78, 5) is 91.3. The number of nitrogens with one attached hydrogen (secondary N) is 1. The lowest BCUT2D eigenvalue weighted by molar-refractivity contribution is -0.173. The van der Waals surface area contributed by atoms with Gasteiger partial charge in [0, 0.05) is 32.1 Å². The van der Waals surface area contributed by atoms with Gasteiger partial charge in [-0.2, -0.15) is 0 Å². The lowest BCUT2D eigenvalue weighted by atomic mass is 9.96. The van der Waals surface area contributed by atoms with Crippen molar-refractivity contribution in [1.82, 2.24) is 9.80 Å². The van der Waals surface area contributed by atoms with Gasteiger partial charge in [0.05, 0.1) is 19.3 Å². The molecule has 224 valence electrons. The van der Waals surface area contributed by atoms with Crippen LogP contribution >= 0.6 is 0 Å². The summed E-state index contributed by atoms with van der Waals surface area (Å²) in [5.41, 5.74) is -2.91. The molecule has 2 aliphatic rings. The Morgan fingerprint density at radius 1 is 0.634 bits per heavy atom. The minimum Gasteiger partial charge on any atom is -0.481 e. The predicted molar refractivity (Wildman–Crippen MR) is 142 cm³/mol. The number of amides is 4. The molecule has 0 aromatic heterocycles. The number of carboxylic acid groups (broad SMARTS) is 4. The summed E-state index contributed by atoms with van der Waals surface area (Å²) in [6.45, 7) is 13.4. The normalized spacial score (nSPS) is 13.8. The second kappa shape index (κ2) is 18.9. The van der Waals surface area contributed by atoms with Crippen LogP contribution in [0.2, 0.25) is 0 Å². The number of nitrogens with zero attached hydrogens (tertiary/aromatic N) is 2. The van der Waals surface area contributed by atoms with Crippen LogP contribution in [-0.2, 0) is 38.4 Å². The molecule has 15 heteroatoms. The number of carbonyl (C=O) groups is 8. The van der Waals surface area contributed by atoms with Gasteiger partial charge in [-0.25, -0.2) is 4.79 Å². The van der Waals surface area contributed by atoms with Gasteiger partial charge in [0.15, 0.2) is 5.66 Å². The molecule has 0 bridgehead atoms. The first-order chi connectivity index (χ1) is 19.1. The predicted octanol–water partition coefficient (Wildman–Crippen LogP) is 1.60. The number of hydrogen-bond acceptors (Lipinski definition) is 9. The topological polar surface area (TPSA) is 248 Å². The van der Waals surface area contributed by atoms with Crippen LogP contribution < -0.4 is 0 Å². The van der Waals surface area contributed by atoms with E-state index in [0.717, 1.165) is 0 Å². The Labute approximate surface area is 235 Å². The van der Waals surface area contributed by atoms with E-state index in [9.17, 15) is 38.4 Å². The number of allylic oxidation sites excluding steroid dienone is 4. The molecule has 0 unspecified atom stereocenters. The van der Waals surface area contributed by atoms with Crippen LogP contribution in [0.3, 0.4) is 0 Å². The Kier molecular flexibility index (Phi) is 17.5. The zero-order valence-corrected chi connectivity index (χ0v) is 22.2. The fourth-order valence-electron chi connectivity index (χ4n) is 3.38. The Hall–Kier alpha value is -5.21. The van der Waals surface area contributed by atoms with Crippen molar-refractivity contribution in [3.8, 4) is 0 Å². The number of aliphatic carboxylic acids is 4. The van der Waals surface area contributed by atoms with E-state index < -0.39 is 71.7 Å². The maximum absolute atomic E-state index is 12.0. The number of likely N-dealkylation sites (tertiary alicyclic amines) is 2. The quantitative estimate of drug-likeness (QED) is 0.126. The van der Waals surface area contributed by atoms with E-state index in [1.54, 1.807) is 24.3 Å². The highest BCUT2D eigenvalue weighted by atomic mass is 16.4. The molecule has 0 aliphatic carbocycles. The van der Waals surface area contributed by atoms with E-state index in [1.165, 1.54) is 0 Å². The Bertz CT molecular complexity index is 999. The number of hydrogen-bond donors (Lipinski definition) is 5. The summed E-state index contributed by atoms with van der Waals surface area (Å²) in [5, 5.41) is 41.1. The summed E-state index contributed by atoms with van der Waals surface area (Å²) < 4.78 is 0. The van der Waals surface area contributed by atoms with Gasteiger partial charge in [-0.3, -0.25) is 48.8 Å². The Morgan fingerprint density at radius 2 is 0.927 bits per heavy atom. The van der Waals surface area contributed by atoms with Crippen LogP contribution in [0.5, 0.6) is 0 Å². The smallest absolute Gasteiger partial charge is 0.349 e. The second-order valence-electron chi connectivity index (χ2n) is 7.99. The van der Waals surface area contributed by atoms with Crippen molar-refractivity contribution in [1.29, 1.82) is 5.41 Å².